The van der Waals surface area contributed by atoms with Gasteiger partial charge in [-0.25, -0.2) is 4.79 Å². The van der Waals surface area contributed by atoms with Crippen LogP contribution in [0.2, 0.25) is 0 Å². The van der Waals surface area contributed by atoms with Crippen molar-refractivity contribution >= 4 is 11.7 Å². The maximum Gasteiger partial charge on any atom is 0.321 e. The van der Waals surface area contributed by atoms with E-state index in [-0.39, 0.29) is 11.8 Å². The second-order valence-corrected chi connectivity index (χ2v) is 5.60. The summed E-state index contributed by atoms with van der Waals surface area (Å²) in [6.45, 7) is 2.09. The number of phenols is 1. The van der Waals surface area contributed by atoms with Gasteiger partial charge in [0.15, 0.2) is 5.82 Å². The number of aromatic nitrogens is 4. The summed E-state index contributed by atoms with van der Waals surface area (Å²) >= 11 is 0. The first-order valence-corrected chi connectivity index (χ1v) is 7.69. The van der Waals surface area contributed by atoms with Crippen LogP contribution >= 0.6 is 0 Å². The number of rotatable bonds is 4. The number of tetrazole rings is 1. The predicted octanol–water partition coefficient (Wildman–Crippen LogP) is 2.34. The number of anilines is 1. The summed E-state index contributed by atoms with van der Waals surface area (Å²) in [7, 11) is 1.66. The van der Waals surface area contributed by atoms with Crippen molar-refractivity contribution in [1.82, 2.24) is 25.1 Å². The number of phenolic OH excluding ortho intramolecular Hbond substituents is 1. The third-order valence-electron chi connectivity index (χ3n) is 3.71. The Balaban J connectivity index is 1.71. The van der Waals surface area contributed by atoms with Gasteiger partial charge in [-0.2, -0.15) is 4.68 Å². The number of aromatic hydroxyl groups is 1. The summed E-state index contributed by atoms with van der Waals surface area (Å²) in [5, 5.41) is 24.0. The predicted molar refractivity (Wildman–Crippen MR) is 92.5 cm³/mol. The molecule has 8 nitrogen and oxygen atoms in total. The van der Waals surface area contributed by atoms with Crippen LogP contribution in [0.1, 0.15) is 11.4 Å². The van der Waals surface area contributed by atoms with Crippen LogP contribution in [0.25, 0.3) is 5.69 Å². The fraction of sp³-hybridized carbons (Fsp3) is 0.176. The number of nitrogens with zero attached hydrogens (tertiary/aromatic N) is 5. The molecule has 0 atom stereocenters. The summed E-state index contributed by atoms with van der Waals surface area (Å²) in [4.78, 5) is 13.9. The Kier molecular flexibility index (Phi) is 4.60. The Labute approximate surface area is 144 Å². The van der Waals surface area contributed by atoms with Crippen LogP contribution in [0, 0.1) is 6.92 Å². The van der Waals surface area contributed by atoms with Gasteiger partial charge in [-0.3, -0.25) is 0 Å². The van der Waals surface area contributed by atoms with E-state index < -0.39 is 0 Å². The monoisotopic (exact) mass is 338 g/mol. The van der Waals surface area contributed by atoms with Crippen molar-refractivity contribution in [1.29, 1.82) is 0 Å². The molecule has 3 rings (SSSR count). The summed E-state index contributed by atoms with van der Waals surface area (Å²) in [5.41, 5.74) is 2.06. The SMILES string of the molecule is Cc1nnnn1-c1cccc(NC(=O)N(C)Cc2ccccc2O)c1. The Hall–Kier alpha value is -3.42. The van der Waals surface area contributed by atoms with Gasteiger partial charge in [0, 0.05) is 18.3 Å². The normalized spacial score (nSPS) is 10.5. The molecular formula is C17H18N6O2. The molecule has 0 aliphatic carbocycles. The largest absolute Gasteiger partial charge is 0.508 e. The minimum atomic E-state index is -0.283. The number of nitrogens with one attached hydrogen (secondary N) is 1. The summed E-state index contributed by atoms with van der Waals surface area (Å²) in [5.74, 6) is 0.818. The lowest BCUT2D eigenvalue weighted by Crippen LogP contribution is -2.30. The molecule has 2 N–H and O–H groups in total. The summed E-state index contributed by atoms with van der Waals surface area (Å²) in [6, 6.07) is 13.9. The number of carbonyl (C=O) groups is 1. The minimum absolute atomic E-state index is 0.165. The number of urea groups is 1. The molecule has 2 amide bonds. The molecule has 0 bridgehead atoms. The molecule has 0 saturated heterocycles. The lowest BCUT2D eigenvalue weighted by atomic mass is 10.2. The molecule has 0 unspecified atom stereocenters. The van der Waals surface area contributed by atoms with E-state index in [1.165, 1.54) is 4.90 Å². The van der Waals surface area contributed by atoms with Gasteiger partial charge in [0.2, 0.25) is 0 Å². The van der Waals surface area contributed by atoms with E-state index in [2.05, 4.69) is 20.8 Å². The van der Waals surface area contributed by atoms with Crippen molar-refractivity contribution in [3.8, 4) is 11.4 Å². The maximum atomic E-state index is 12.4. The van der Waals surface area contributed by atoms with E-state index in [4.69, 9.17) is 0 Å². The van der Waals surface area contributed by atoms with Gasteiger partial charge < -0.3 is 15.3 Å². The van der Waals surface area contributed by atoms with Crippen LogP contribution in [-0.4, -0.2) is 43.3 Å². The molecule has 8 heteroatoms. The molecule has 1 heterocycles. The van der Waals surface area contributed by atoms with Crippen LogP contribution in [0.15, 0.2) is 48.5 Å². The summed E-state index contributed by atoms with van der Waals surface area (Å²) < 4.78 is 1.58. The van der Waals surface area contributed by atoms with Gasteiger partial charge >= 0.3 is 6.03 Å². The van der Waals surface area contributed by atoms with E-state index in [1.54, 1.807) is 49.0 Å². The van der Waals surface area contributed by atoms with Crippen LogP contribution < -0.4 is 5.32 Å². The van der Waals surface area contributed by atoms with Crippen molar-refractivity contribution in [2.24, 2.45) is 0 Å². The van der Waals surface area contributed by atoms with Crippen LogP contribution in [0.3, 0.4) is 0 Å². The quantitative estimate of drug-likeness (QED) is 0.761. The highest BCUT2D eigenvalue weighted by Gasteiger charge is 2.12. The zero-order valence-corrected chi connectivity index (χ0v) is 13.9. The average Bonchev–Trinajstić information content (AvgIpc) is 3.03. The molecule has 3 aromatic rings. The first-order valence-electron chi connectivity index (χ1n) is 7.69. The third-order valence-corrected chi connectivity index (χ3v) is 3.71. The molecule has 128 valence electrons. The molecule has 0 saturated carbocycles. The van der Waals surface area contributed by atoms with E-state index in [1.807, 2.05) is 18.2 Å². The van der Waals surface area contributed by atoms with Crippen LogP contribution in [0.5, 0.6) is 5.75 Å². The zero-order chi connectivity index (χ0) is 17.8. The van der Waals surface area contributed by atoms with Gasteiger partial charge in [0.05, 0.1) is 12.2 Å². The molecule has 0 aliphatic heterocycles. The first kappa shape index (κ1) is 16.4. The highest BCUT2D eigenvalue weighted by molar-refractivity contribution is 5.89. The number of hydrogen-bond donors (Lipinski definition) is 2. The second kappa shape index (κ2) is 7.00. The molecular weight excluding hydrogens is 320 g/mol. The molecule has 25 heavy (non-hydrogen) atoms. The number of carbonyl (C=O) groups excluding carboxylic acids is 1. The Morgan fingerprint density at radius 1 is 1.24 bits per heavy atom. The number of benzene rings is 2. The maximum absolute atomic E-state index is 12.4. The number of aryl methyl sites for hydroxylation is 1. The number of amides is 2. The van der Waals surface area contributed by atoms with Crippen molar-refractivity contribution in [2.45, 2.75) is 13.5 Å². The standard InChI is InChI=1S/C17H18N6O2/c1-12-19-20-21-23(12)15-8-5-7-14(10-15)18-17(25)22(2)11-13-6-3-4-9-16(13)24/h3-10,24H,11H2,1-2H3,(H,18,25). The molecule has 0 aliphatic rings. The molecule has 1 aromatic heterocycles. The van der Waals surface area contributed by atoms with E-state index in [9.17, 15) is 9.90 Å². The van der Waals surface area contributed by atoms with Gasteiger partial charge in [0.25, 0.3) is 0 Å². The van der Waals surface area contributed by atoms with Gasteiger partial charge in [-0.15, -0.1) is 5.10 Å². The number of para-hydroxylation sites is 1. The van der Waals surface area contributed by atoms with Crippen LogP contribution in [0.4, 0.5) is 10.5 Å². The average molecular weight is 338 g/mol. The van der Waals surface area contributed by atoms with Gasteiger partial charge in [-0.05, 0) is 41.6 Å². The van der Waals surface area contributed by atoms with E-state index >= 15 is 0 Å². The molecule has 2 aromatic carbocycles. The minimum Gasteiger partial charge on any atom is -0.508 e. The van der Waals surface area contributed by atoms with Gasteiger partial charge in [0.1, 0.15) is 5.75 Å². The fourth-order valence-electron chi connectivity index (χ4n) is 2.38. The van der Waals surface area contributed by atoms with Crippen LogP contribution in [-0.2, 0) is 6.54 Å². The molecule has 0 spiro atoms. The van der Waals surface area contributed by atoms with Gasteiger partial charge in [-0.1, -0.05) is 24.3 Å². The lowest BCUT2D eigenvalue weighted by molar-refractivity contribution is 0.220. The van der Waals surface area contributed by atoms with Crippen molar-refractivity contribution in [3.63, 3.8) is 0 Å². The summed E-state index contributed by atoms with van der Waals surface area (Å²) in [6.07, 6.45) is 0. The van der Waals surface area contributed by atoms with Crippen molar-refractivity contribution < 1.29 is 9.90 Å². The third kappa shape index (κ3) is 3.74. The Morgan fingerprint density at radius 2 is 2.04 bits per heavy atom. The molecule has 0 radical (unpaired) electrons. The van der Waals surface area contributed by atoms with Crippen molar-refractivity contribution in [2.75, 3.05) is 12.4 Å². The van der Waals surface area contributed by atoms with E-state index in [0.29, 0.717) is 23.6 Å². The lowest BCUT2D eigenvalue weighted by Gasteiger charge is -2.19. The Morgan fingerprint density at radius 3 is 2.76 bits per heavy atom. The smallest absolute Gasteiger partial charge is 0.321 e. The topological polar surface area (TPSA) is 96.2 Å². The fourth-order valence-corrected chi connectivity index (χ4v) is 2.38. The highest BCUT2D eigenvalue weighted by atomic mass is 16.3. The highest BCUT2D eigenvalue weighted by Crippen LogP contribution is 2.18. The second-order valence-electron chi connectivity index (χ2n) is 5.60. The zero-order valence-electron chi connectivity index (χ0n) is 13.9. The first-order chi connectivity index (χ1) is 12.0. The number of hydrogen-bond acceptors (Lipinski definition) is 5. The van der Waals surface area contributed by atoms with Crippen molar-refractivity contribution in [3.05, 3.63) is 59.9 Å². The Bertz CT molecular complexity index is 892. The molecule has 0 fully saturated rings. The van der Waals surface area contributed by atoms with E-state index in [0.717, 1.165) is 5.69 Å².